The Labute approximate surface area is 159 Å². The van der Waals surface area contributed by atoms with Gasteiger partial charge in [0.05, 0.1) is 19.3 Å². The van der Waals surface area contributed by atoms with Crippen LogP contribution in [0.25, 0.3) is 0 Å². The number of hydrogen-bond donors (Lipinski definition) is 2. The molecule has 1 aliphatic rings. The first-order valence-electron chi connectivity index (χ1n) is 8.88. The van der Waals surface area contributed by atoms with Crippen LogP contribution in [0.3, 0.4) is 0 Å². The fourth-order valence-corrected chi connectivity index (χ4v) is 3.27. The molecule has 2 aromatic rings. The first-order valence-corrected chi connectivity index (χ1v) is 9.26. The van der Waals surface area contributed by atoms with Gasteiger partial charge in [0.25, 0.3) is 0 Å². The van der Waals surface area contributed by atoms with Crippen LogP contribution in [0.2, 0.25) is 5.02 Å². The van der Waals surface area contributed by atoms with E-state index in [4.69, 9.17) is 16.3 Å². The highest BCUT2D eigenvalue weighted by molar-refractivity contribution is 6.31. The number of carbonyl (C=O) groups is 1. The summed E-state index contributed by atoms with van der Waals surface area (Å²) >= 11 is 5.98. The lowest BCUT2D eigenvalue weighted by atomic mass is 10.1. The fraction of sp³-hybridized carbons (Fsp3) is 0.350. The highest BCUT2D eigenvalue weighted by Crippen LogP contribution is 2.27. The number of methoxy groups -OCH3 is 1. The van der Waals surface area contributed by atoms with Crippen molar-refractivity contribution in [2.45, 2.75) is 19.3 Å². The summed E-state index contributed by atoms with van der Waals surface area (Å²) in [6, 6.07) is 13.3. The highest BCUT2D eigenvalue weighted by atomic mass is 35.5. The molecule has 0 bridgehead atoms. The minimum Gasteiger partial charge on any atom is -0.495 e. The molecule has 26 heavy (non-hydrogen) atoms. The van der Waals surface area contributed by atoms with Gasteiger partial charge in [-0.15, -0.1) is 0 Å². The van der Waals surface area contributed by atoms with Crippen LogP contribution >= 0.6 is 11.6 Å². The van der Waals surface area contributed by atoms with E-state index >= 15 is 0 Å². The summed E-state index contributed by atoms with van der Waals surface area (Å²) in [7, 11) is 1.56. The van der Waals surface area contributed by atoms with Crippen molar-refractivity contribution >= 4 is 34.6 Å². The highest BCUT2D eigenvalue weighted by Gasteiger charge is 2.11. The van der Waals surface area contributed by atoms with Crippen molar-refractivity contribution in [1.82, 2.24) is 0 Å². The maximum atomic E-state index is 12.2. The molecule has 0 aliphatic carbocycles. The van der Waals surface area contributed by atoms with E-state index in [0.29, 0.717) is 16.5 Å². The van der Waals surface area contributed by atoms with Gasteiger partial charge in [0, 0.05) is 29.5 Å². The van der Waals surface area contributed by atoms with Crippen molar-refractivity contribution in [3.05, 3.63) is 47.5 Å². The molecule has 138 valence electrons. The second-order valence-electron chi connectivity index (χ2n) is 6.34. The average Bonchev–Trinajstić information content (AvgIpc) is 2.68. The lowest BCUT2D eigenvalue weighted by molar-refractivity contribution is -0.114. The second-order valence-corrected chi connectivity index (χ2v) is 6.78. The molecule has 1 saturated heterocycles. The van der Waals surface area contributed by atoms with Gasteiger partial charge in [-0.2, -0.15) is 0 Å². The zero-order valence-electron chi connectivity index (χ0n) is 14.9. The van der Waals surface area contributed by atoms with E-state index in [0.717, 1.165) is 18.8 Å². The third-order valence-electron chi connectivity index (χ3n) is 4.48. The van der Waals surface area contributed by atoms with E-state index < -0.39 is 0 Å². The lowest BCUT2D eigenvalue weighted by Gasteiger charge is -2.28. The monoisotopic (exact) mass is 373 g/mol. The zero-order chi connectivity index (χ0) is 18.4. The number of piperidine rings is 1. The second kappa shape index (κ2) is 8.81. The Kier molecular flexibility index (Phi) is 6.23. The van der Waals surface area contributed by atoms with Crippen molar-refractivity contribution in [2.75, 3.05) is 42.3 Å². The van der Waals surface area contributed by atoms with E-state index in [9.17, 15) is 4.79 Å². The van der Waals surface area contributed by atoms with Crippen LogP contribution in [0.1, 0.15) is 19.3 Å². The fourth-order valence-electron chi connectivity index (χ4n) is 3.10. The number of anilines is 3. The molecule has 3 rings (SSSR count). The molecular formula is C20H24ClN3O2. The van der Waals surface area contributed by atoms with Crippen LogP contribution in [-0.2, 0) is 4.79 Å². The number of nitrogens with one attached hydrogen (secondary N) is 2. The van der Waals surface area contributed by atoms with E-state index in [2.05, 4.69) is 27.7 Å². The van der Waals surface area contributed by atoms with Gasteiger partial charge in [-0.3, -0.25) is 4.79 Å². The molecule has 2 N–H and O–H groups in total. The molecule has 0 radical (unpaired) electrons. The third-order valence-corrected chi connectivity index (χ3v) is 4.71. The number of amides is 1. The third kappa shape index (κ3) is 4.82. The summed E-state index contributed by atoms with van der Waals surface area (Å²) < 4.78 is 5.24. The molecule has 0 atom stereocenters. The summed E-state index contributed by atoms with van der Waals surface area (Å²) in [6.07, 6.45) is 3.84. The van der Waals surface area contributed by atoms with Gasteiger partial charge in [0.1, 0.15) is 5.75 Å². The average molecular weight is 374 g/mol. The number of hydrogen-bond acceptors (Lipinski definition) is 4. The Balaban J connectivity index is 1.53. The topological polar surface area (TPSA) is 53.6 Å². The van der Waals surface area contributed by atoms with Gasteiger partial charge in [-0.25, -0.2) is 0 Å². The Hall–Kier alpha value is -2.40. The van der Waals surface area contributed by atoms with Crippen LogP contribution < -0.4 is 20.3 Å². The van der Waals surface area contributed by atoms with E-state index in [-0.39, 0.29) is 12.5 Å². The minimum absolute atomic E-state index is 0.161. The molecule has 1 heterocycles. The van der Waals surface area contributed by atoms with Crippen LogP contribution in [0.5, 0.6) is 5.75 Å². The quantitative estimate of drug-likeness (QED) is 0.788. The van der Waals surface area contributed by atoms with Gasteiger partial charge < -0.3 is 20.3 Å². The Morgan fingerprint density at radius 1 is 1.12 bits per heavy atom. The number of benzene rings is 2. The molecule has 5 nitrogen and oxygen atoms in total. The summed E-state index contributed by atoms with van der Waals surface area (Å²) in [5.74, 6) is 0.416. The number of halogens is 1. The van der Waals surface area contributed by atoms with Gasteiger partial charge in [-0.05, 0) is 61.7 Å². The van der Waals surface area contributed by atoms with E-state index in [1.54, 1.807) is 25.3 Å². The normalized spacial score (nSPS) is 14.0. The van der Waals surface area contributed by atoms with Crippen LogP contribution in [0, 0.1) is 0 Å². The van der Waals surface area contributed by atoms with E-state index in [1.807, 2.05) is 12.1 Å². The smallest absolute Gasteiger partial charge is 0.243 e. The van der Waals surface area contributed by atoms with Crippen molar-refractivity contribution in [1.29, 1.82) is 0 Å². The number of rotatable bonds is 6. The van der Waals surface area contributed by atoms with Crippen molar-refractivity contribution in [3.63, 3.8) is 0 Å². The summed E-state index contributed by atoms with van der Waals surface area (Å²) in [4.78, 5) is 14.6. The first-order chi connectivity index (χ1) is 12.7. The van der Waals surface area contributed by atoms with E-state index in [1.165, 1.54) is 24.9 Å². The molecule has 0 unspecified atom stereocenters. The van der Waals surface area contributed by atoms with Gasteiger partial charge in [-0.1, -0.05) is 11.6 Å². The van der Waals surface area contributed by atoms with Gasteiger partial charge in [0.15, 0.2) is 0 Å². The van der Waals surface area contributed by atoms with Gasteiger partial charge >= 0.3 is 0 Å². The maximum absolute atomic E-state index is 12.2. The molecule has 0 spiro atoms. The Morgan fingerprint density at radius 2 is 1.85 bits per heavy atom. The predicted molar refractivity (Wildman–Crippen MR) is 108 cm³/mol. The molecule has 6 heteroatoms. The summed E-state index contributed by atoms with van der Waals surface area (Å²) in [5.41, 5.74) is 2.72. The van der Waals surface area contributed by atoms with Crippen LogP contribution in [-0.4, -0.2) is 32.7 Å². The molecular weight excluding hydrogens is 350 g/mol. The lowest BCUT2D eigenvalue weighted by Crippen LogP contribution is -2.29. The Morgan fingerprint density at radius 3 is 2.54 bits per heavy atom. The minimum atomic E-state index is -0.161. The van der Waals surface area contributed by atoms with Crippen molar-refractivity contribution in [3.8, 4) is 5.75 Å². The molecule has 1 fully saturated rings. The van der Waals surface area contributed by atoms with Crippen LogP contribution in [0.4, 0.5) is 17.1 Å². The Bertz CT molecular complexity index is 743. The number of nitrogens with zero attached hydrogens (tertiary/aromatic N) is 1. The number of carbonyl (C=O) groups excluding carboxylic acids is 1. The molecule has 2 aromatic carbocycles. The van der Waals surface area contributed by atoms with Crippen LogP contribution in [0.15, 0.2) is 42.5 Å². The standard InChI is InChI=1S/C20H24ClN3O2/c1-26-19-10-5-15(21)13-18(19)23-20(25)14-22-16-6-8-17(9-7-16)24-11-3-2-4-12-24/h5-10,13,22H,2-4,11-12,14H2,1H3,(H,23,25). The van der Waals surface area contributed by atoms with Crippen molar-refractivity contribution in [2.24, 2.45) is 0 Å². The van der Waals surface area contributed by atoms with Crippen molar-refractivity contribution < 1.29 is 9.53 Å². The largest absolute Gasteiger partial charge is 0.495 e. The predicted octanol–water partition coefficient (Wildman–Crippen LogP) is 4.39. The summed E-state index contributed by atoms with van der Waals surface area (Å²) in [5, 5.41) is 6.50. The molecule has 1 amide bonds. The first kappa shape index (κ1) is 18.4. The molecule has 0 saturated carbocycles. The summed E-state index contributed by atoms with van der Waals surface area (Å²) in [6.45, 7) is 2.41. The van der Waals surface area contributed by atoms with Gasteiger partial charge in [0.2, 0.25) is 5.91 Å². The number of ether oxygens (including phenoxy) is 1. The molecule has 0 aromatic heterocycles. The zero-order valence-corrected chi connectivity index (χ0v) is 15.7. The molecule has 1 aliphatic heterocycles. The SMILES string of the molecule is COc1ccc(Cl)cc1NC(=O)CNc1ccc(N2CCCCC2)cc1. The maximum Gasteiger partial charge on any atom is 0.243 e.